The van der Waals surface area contributed by atoms with Crippen molar-refractivity contribution in [3.63, 3.8) is 0 Å². The minimum absolute atomic E-state index is 0.100. The zero-order valence-electron chi connectivity index (χ0n) is 16.4. The number of aromatic nitrogens is 4. The van der Waals surface area contributed by atoms with Gasteiger partial charge >= 0.3 is 0 Å². The fraction of sp³-hybridized carbons (Fsp3) is 0.250. The number of aromatic amines is 1. The van der Waals surface area contributed by atoms with Crippen molar-refractivity contribution in [2.24, 2.45) is 0 Å². The van der Waals surface area contributed by atoms with E-state index in [0.717, 1.165) is 54.1 Å². The summed E-state index contributed by atoms with van der Waals surface area (Å²) in [5, 5.41) is 0.100. The van der Waals surface area contributed by atoms with Gasteiger partial charge in [0.2, 0.25) is 0 Å². The van der Waals surface area contributed by atoms with Crippen molar-refractivity contribution in [3.05, 3.63) is 85.2 Å². The number of unbranched alkanes of at least 4 members (excludes halogenated alkanes) is 2. The molecule has 2 aromatic heterocycles. The number of rotatable bonds is 9. The lowest BCUT2D eigenvalue weighted by Gasteiger charge is -2.08. The SMILES string of the molecule is SC(CCCCCn1ccnc1)c1nc(-c2ccccc2)c(-c2ccccc2)[nH]1. The molecular formula is C24H26N4S. The van der Waals surface area contributed by atoms with Crippen molar-refractivity contribution >= 4 is 12.6 Å². The van der Waals surface area contributed by atoms with Crippen LogP contribution in [0, 0.1) is 0 Å². The number of aryl methyl sites for hydroxylation is 1. The maximum atomic E-state index is 4.95. The zero-order valence-corrected chi connectivity index (χ0v) is 17.3. The summed E-state index contributed by atoms with van der Waals surface area (Å²) in [6.45, 7) is 1.02. The first-order valence-electron chi connectivity index (χ1n) is 10.2. The third kappa shape index (κ3) is 4.98. The monoisotopic (exact) mass is 402 g/mol. The van der Waals surface area contributed by atoms with Gasteiger partial charge in [-0.3, -0.25) is 0 Å². The van der Waals surface area contributed by atoms with Gasteiger partial charge in [-0.2, -0.15) is 12.6 Å². The molecule has 2 heterocycles. The highest BCUT2D eigenvalue weighted by atomic mass is 32.1. The number of H-pyrrole nitrogens is 1. The minimum atomic E-state index is 0.100. The van der Waals surface area contributed by atoms with Crippen LogP contribution in [0.5, 0.6) is 0 Å². The first-order valence-corrected chi connectivity index (χ1v) is 10.7. The summed E-state index contributed by atoms with van der Waals surface area (Å²) >= 11 is 4.86. The third-order valence-electron chi connectivity index (χ3n) is 5.10. The van der Waals surface area contributed by atoms with Crippen molar-refractivity contribution in [1.82, 2.24) is 19.5 Å². The van der Waals surface area contributed by atoms with Crippen LogP contribution in [0.15, 0.2) is 79.4 Å². The molecule has 5 heteroatoms. The maximum absolute atomic E-state index is 4.95. The molecule has 0 saturated heterocycles. The van der Waals surface area contributed by atoms with Gasteiger partial charge in [-0.1, -0.05) is 73.5 Å². The van der Waals surface area contributed by atoms with Gasteiger partial charge < -0.3 is 9.55 Å². The van der Waals surface area contributed by atoms with E-state index in [1.54, 1.807) is 0 Å². The molecule has 1 atom stereocenters. The van der Waals surface area contributed by atoms with Crippen molar-refractivity contribution in [1.29, 1.82) is 0 Å². The molecule has 0 radical (unpaired) electrons. The standard InChI is InChI=1S/C24H26N4S/c29-21(14-8-3-9-16-28-17-15-25-18-28)24-26-22(19-10-4-1-5-11-19)23(27-24)20-12-6-2-7-13-20/h1-2,4-7,10-13,15,17-18,21,29H,3,8-9,14,16H2,(H,26,27). The molecule has 1 N–H and O–H groups in total. The van der Waals surface area contributed by atoms with Gasteiger partial charge in [0.1, 0.15) is 5.82 Å². The summed E-state index contributed by atoms with van der Waals surface area (Å²) in [5.74, 6) is 0.945. The number of benzene rings is 2. The first-order chi connectivity index (χ1) is 14.3. The van der Waals surface area contributed by atoms with Gasteiger partial charge in [0.05, 0.1) is 23.0 Å². The van der Waals surface area contributed by atoms with Crippen LogP contribution < -0.4 is 0 Å². The highest BCUT2D eigenvalue weighted by Gasteiger charge is 2.17. The second-order valence-corrected chi connectivity index (χ2v) is 7.87. The van der Waals surface area contributed by atoms with Crippen LogP contribution in [0.3, 0.4) is 0 Å². The molecule has 0 spiro atoms. The Kier molecular flexibility index (Phi) is 6.47. The lowest BCUT2D eigenvalue weighted by Crippen LogP contribution is -1.97. The number of hydrogen-bond donors (Lipinski definition) is 2. The fourth-order valence-electron chi connectivity index (χ4n) is 3.53. The molecule has 0 bridgehead atoms. The lowest BCUT2D eigenvalue weighted by atomic mass is 10.1. The Labute approximate surface area is 177 Å². The molecule has 0 aliphatic carbocycles. The predicted molar refractivity (Wildman–Crippen MR) is 122 cm³/mol. The van der Waals surface area contributed by atoms with Crippen LogP contribution in [0.1, 0.15) is 36.8 Å². The Morgan fingerprint density at radius 1 is 0.897 bits per heavy atom. The summed E-state index contributed by atoms with van der Waals surface area (Å²) in [7, 11) is 0. The molecule has 0 amide bonds. The summed E-state index contributed by atoms with van der Waals surface area (Å²) < 4.78 is 2.13. The number of imidazole rings is 2. The molecule has 29 heavy (non-hydrogen) atoms. The van der Waals surface area contributed by atoms with Gasteiger partial charge in [-0.05, 0) is 12.8 Å². The van der Waals surface area contributed by atoms with E-state index in [9.17, 15) is 0 Å². The Bertz CT molecular complexity index is 937. The van der Waals surface area contributed by atoms with E-state index in [2.05, 4.69) is 63.1 Å². The average molecular weight is 403 g/mol. The maximum Gasteiger partial charge on any atom is 0.120 e. The summed E-state index contributed by atoms with van der Waals surface area (Å²) in [6.07, 6.45) is 10.2. The Balaban J connectivity index is 1.45. The molecule has 4 nitrogen and oxygen atoms in total. The van der Waals surface area contributed by atoms with E-state index in [1.807, 2.05) is 30.9 Å². The summed E-state index contributed by atoms with van der Waals surface area (Å²) in [4.78, 5) is 12.6. The molecule has 0 saturated carbocycles. The lowest BCUT2D eigenvalue weighted by molar-refractivity contribution is 0.566. The molecule has 2 aromatic carbocycles. The molecule has 0 aliphatic rings. The zero-order chi connectivity index (χ0) is 19.9. The molecular weight excluding hydrogens is 376 g/mol. The Morgan fingerprint density at radius 3 is 2.31 bits per heavy atom. The third-order valence-corrected chi connectivity index (χ3v) is 5.60. The van der Waals surface area contributed by atoms with Crippen LogP contribution in [0.25, 0.3) is 22.5 Å². The van der Waals surface area contributed by atoms with Crippen LogP contribution in [-0.4, -0.2) is 19.5 Å². The average Bonchev–Trinajstić information content (AvgIpc) is 3.45. The van der Waals surface area contributed by atoms with Crippen molar-refractivity contribution in [3.8, 4) is 22.5 Å². The van der Waals surface area contributed by atoms with Crippen LogP contribution in [-0.2, 0) is 6.54 Å². The molecule has 4 aromatic rings. The number of thiol groups is 1. The Hall–Kier alpha value is -2.79. The van der Waals surface area contributed by atoms with Gasteiger partial charge in [-0.25, -0.2) is 9.97 Å². The van der Waals surface area contributed by atoms with E-state index < -0.39 is 0 Å². The van der Waals surface area contributed by atoms with Crippen molar-refractivity contribution < 1.29 is 0 Å². The second-order valence-electron chi connectivity index (χ2n) is 7.24. The van der Waals surface area contributed by atoms with E-state index in [0.29, 0.717) is 0 Å². The first kappa shape index (κ1) is 19.5. The van der Waals surface area contributed by atoms with Gasteiger partial charge in [0, 0.05) is 30.1 Å². The molecule has 0 fully saturated rings. The smallest absolute Gasteiger partial charge is 0.120 e. The largest absolute Gasteiger partial charge is 0.341 e. The minimum Gasteiger partial charge on any atom is -0.341 e. The number of hydrogen-bond acceptors (Lipinski definition) is 3. The van der Waals surface area contributed by atoms with Crippen LogP contribution >= 0.6 is 12.6 Å². The molecule has 148 valence electrons. The van der Waals surface area contributed by atoms with Crippen molar-refractivity contribution in [2.45, 2.75) is 37.5 Å². The molecule has 1 unspecified atom stereocenters. The van der Waals surface area contributed by atoms with Gasteiger partial charge in [0.25, 0.3) is 0 Å². The fourth-order valence-corrected chi connectivity index (χ4v) is 3.84. The van der Waals surface area contributed by atoms with E-state index in [-0.39, 0.29) is 5.25 Å². The summed E-state index contributed by atoms with van der Waals surface area (Å²) in [5.41, 5.74) is 4.32. The number of nitrogens with one attached hydrogen (secondary N) is 1. The van der Waals surface area contributed by atoms with E-state index in [4.69, 9.17) is 17.6 Å². The van der Waals surface area contributed by atoms with E-state index >= 15 is 0 Å². The quantitative estimate of drug-likeness (QED) is 0.260. The Morgan fingerprint density at radius 2 is 1.62 bits per heavy atom. The highest BCUT2D eigenvalue weighted by molar-refractivity contribution is 7.80. The highest BCUT2D eigenvalue weighted by Crippen LogP contribution is 2.34. The van der Waals surface area contributed by atoms with Gasteiger partial charge in [0.15, 0.2) is 0 Å². The van der Waals surface area contributed by atoms with Gasteiger partial charge in [-0.15, -0.1) is 0 Å². The van der Waals surface area contributed by atoms with Crippen molar-refractivity contribution in [2.75, 3.05) is 0 Å². The normalized spacial score (nSPS) is 12.2. The predicted octanol–water partition coefficient (Wildman–Crippen LogP) is 6.17. The van der Waals surface area contributed by atoms with E-state index in [1.165, 1.54) is 6.42 Å². The second kappa shape index (κ2) is 9.61. The van der Waals surface area contributed by atoms with Crippen LogP contribution in [0.4, 0.5) is 0 Å². The molecule has 0 aliphatic heterocycles. The summed E-state index contributed by atoms with van der Waals surface area (Å²) in [6, 6.07) is 20.7. The number of nitrogens with zero attached hydrogens (tertiary/aromatic N) is 3. The topological polar surface area (TPSA) is 46.5 Å². The molecule has 4 rings (SSSR count). The van der Waals surface area contributed by atoms with Crippen LogP contribution in [0.2, 0.25) is 0 Å².